The molecule has 0 atom stereocenters. The normalized spacial score (nSPS) is 10.8. The van der Waals surface area contributed by atoms with E-state index < -0.39 is 5.97 Å². The Morgan fingerprint density at radius 2 is 1.74 bits per heavy atom. The third kappa shape index (κ3) is 1.98. The molecule has 1 aromatic heterocycles. The van der Waals surface area contributed by atoms with Gasteiger partial charge in [-0.3, -0.25) is 0 Å². The van der Waals surface area contributed by atoms with Crippen LogP contribution in [0.5, 0.6) is 0 Å². The second-order valence-electron chi connectivity index (χ2n) is 4.26. The van der Waals surface area contributed by atoms with E-state index >= 15 is 0 Å². The molecule has 94 valence electrons. The minimum Gasteiger partial charge on any atom is -0.477 e. The Kier molecular flexibility index (Phi) is 2.76. The van der Waals surface area contributed by atoms with Crippen molar-refractivity contribution in [1.29, 1.82) is 0 Å². The van der Waals surface area contributed by atoms with E-state index in [1.54, 1.807) is 6.07 Å². The quantitative estimate of drug-likeness (QED) is 0.765. The van der Waals surface area contributed by atoms with Crippen LogP contribution in [0.3, 0.4) is 0 Å². The molecule has 0 aliphatic heterocycles. The third-order valence-corrected chi connectivity index (χ3v) is 3.43. The lowest BCUT2D eigenvalue weighted by molar-refractivity contribution is 0.0690. The number of benzene rings is 2. The van der Waals surface area contributed by atoms with E-state index in [2.05, 4.69) is 0 Å². The zero-order chi connectivity index (χ0) is 13.4. The van der Waals surface area contributed by atoms with Crippen LogP contribution in [0.25, 0.3) is 22.0 Å². The van der Waals surface area contributed by atoms with Gasteiger partial charge in [-0.1, -0.05) is 36.4 Å². The van der Waals surface area contributed by atoms with E-state index in [1.165, 1.54) is 4.09 Å². The number of aromatic carboxylic acids is 1. The Hall–Kier alpha value is -2.26. The van der Waals surface area contributed by atoms with Crippen molar-refractivity contribution in [2.45, 2.75) is 0 Å². The molecule has 0 bridgehead atoms. The summed E-state index contributed by atoms with van der Waals surface area (Å²) in [6.07, 6.45) is 0. The molecule has 0 spiro atoms. The second kappa shape index (κ2) is 4.44. The minimum absolute atomic E-state index is 0.0712. The molecule has 19 heavy (non-hydrogen) atoms. The van der Waals surface area contributed by atoms with Crippen LogP contribution in [0, 0.1) is 0 Å². The summed E-state index contributed by atoms with van der Waals surface area (Å²) in [4.78, 5) is 11.0. The average molecular weight is 272 g/mol. The maximum atomic E-state index is 11.0. The molecule has 3 nitrogen and oxygen atoms in total. The number of fused-ring (bicyclic) bond motifs is 1. The molecule has 0 saturated carbocycles. The Labute approximate surface area is 114 Å². The largest absolute Gasteiger partial charge is 0.477 e. The number of hydrogen-bond acceptors (Lipinski definition) is 1. The van der Waals surface area contributed by atoms with Gasteiger partial charge in [-0.2, -0.15) is 0 Å². The predicted octanol–water partition coefficient (Wildman–Crippen LogP) is 4.01. The van der Waals surface area contributed by atoms with Crippen LogP contribution in [0.1, 0.15) is 10.5 Å². The fourth-order valence-corrected chi connectivity index (χ4v) is 2.41. The molecule has 3 rings (SSSR count). The van der Waals surface area contributed by atoms with Gasteiger partial charge in [0.05, 0.1) is 5.52 Å². The zero-order valence-corrected chi connectivity index (χ0v) is 10.6. The van der Waals surface area contributed by atoms with E-state index in [0.717, 1.165) is 16.5 Å². The van der Waals surface area contributed by atoms with Gasteiger partial charge >= 0.3 is 5.97 Å². The number of carbonyl (C=O) groups is 1. The molecule has 0 amide bonds. The molecular formula is C15H10ClNO2. The molecule has 0 aliphatic carbocycles. The highest BCUT2D eigenvalue weighted by Crippen LogP contribution is 2.27. The van der Waals surface area contributed by atoms with Crippen molar-refractivity contribution in [2.75, 3.05) is 0 Å². The second-order valence-corrected chi connectivity index (χ2v) is 4.59. The van der Waals surface area contributed by atoms with Crippen molar-refractivity contribution in [1.82, 2.24) is 4.09 Å². The number of carboxylic acids is 1. The third-order valence-electron chi connectivity index (χ3n) is 3.07. The lowest BCUT2D eigenvalue weighted by Crippen LogP contribution is -1.99. The summed E-state index contributed by atoms with van der Waals surface area (Å²) < 4.78 is 1.17. The first-order valence-electron chi connectivity index (χ1n) is 5.77. The van der Waals surface area contributed by atoms with E-state index in [9.17, 15) is 4.79 Å². The van der Waals surface area contributed by atoms with Gasteiger partial charge in [0, 0.05) is 17.2 Å². The van der Waals surface area contributed by atoms with Crippen LogP contribution in [0.2, 0.25) is 0 Å². The number of rotatable bonds is 2. The van der Waals surface area contributed by atoms with Crippen molar-refractivity contribution in [3.05, 3.63) is 60.3 Å². The first kappa shape index (κ1) is 11.8. The Bertz CT molecular complexity index is 762. The first-order chi connectivity index (χ1) is 9.16. The molecule has 0 radical (unpaired) electrons. The van der Waals surface area contributed by atoms with Gasteiger partial charge in [0.25, 0.3) is 0 Å². The number of hydrogen-bond donors (Lipinski definition) is 1. The summed E-state index contributed by atoms with van der Waals surface area (Å²) >= 11 is 5.99. The smallest absolute Gasteiger partial charge is 0.353 e. The number of carboxylic acid groups (broad SMARTS) is 1. The van der Waals surface area contributed by atoms with Gasteiger partial charge in [0.2, 0.25) is 0 Å². The Morgan fingerprint density at radius 3 is 2.42 bits per heavy atom. The van der Waals surface area contributed by atoms with Crippen LogP contribution in [-0.2, 0) is 0 Å². The average Bonchev–Trinajstić information content (AvgIpc) is 2.77. The lowest BCUT2D eigenvalue weighted by Gasteiger charge is -2.02. The molecule has 4 heteroatoms. The van der Waals surface area contributed by atoms with E-state index in [1.807, 2.05) is 48.5 Å². The van der Waals surface area contributed by atoms with Crippen molar-refractivity contribution in [2.24, 2.45) is 0 Å². The minimum atomic E-state index is -1.03. The van der Waals surface area contributed by atoms with E-state index in [4.69, 9.17) is 16.9 Å². The summed E-state index contributed by atoms with van der Waals surface area (Å²) in [6.45, 7) is 0. The van der Waals surface area contributed by atoms with Gasteiger partial charge < -0.3 is 5.11 Å². The van der Waals surface area contributed by atoms with Gasteiger partial charge in [0.15, 0.2) is 0 Å². The molecule has 1 heterocycles. The Morgan fingerprint density at radius 1 is 1.00 bits per heavy atom. The SMILES string of the molecule is O=C(O)c1cc2cc(-c3ccccc3)ccc2n1Cl. The van der Waals surface area contributed by atoms with Crippen LogP contribution < -0.4 is 0 Å². The van der Waals surface area contributed by atoms with E-state index in [-0.39, 0.29) is 5.69 Å². The molecule has 0 saturated heterocycles. The standard InChI is InChI=1S/C15H10ClNO2/c16-17-13-7-6-11(10-4-2-1-3-5-10)8-12(13)9-14(17)15(18)19/h1-9H,(H,18,19). The van der Waals surface area contributed by atoms with Crippen LogP contribution in [0.4, 0.5) is 0 Å². The van der Waals surface area contributed by atoms with Crippen molar-refractivity contribution >= 4 is 28.6 Å². The summed E-state index contributed by atoms with van der Waals surface area (Å²) in [7, 11) is 0. The highest BCUT2D eigenvalue weighted by Gasteiger charge is 2.13. The highest BCUT2D eigenvalue weighted by atomic mass is 35.5. The number of aromatic nitrogens is 1. The Balaban J connectivity index is 2.19. The monoisotopic (exact) mass is 271 g/mol. The van der Waals surface area contributed by atoms with Gasteiger partial charge in [-0.15, -0.1) is 0 Å². The van der Waals surface area contributed by atoms with E-state index in [0.29, 0.717) is 5.52 Å². The molecular weight excluding hydrogens is 262 g/mol. The summed E-state index contributed by atoms with van der Waals surface area (Å²) in [5.41, 5.74) is 2.89. The summed E-state index contributed by atoms with van der Waals surface area (Å²) in [6, 6.07) is 17.2. The van der Waals surface area contributed by atoms with Gasteiger partial charge in [0.1, 0.15) is 5.69 Å². The first-order valence-corrected chi connectivity index (χ1v) is 6.11. The highest BCUT2D eigenvalue weighted by molar-refractivity contribution is 6.22. The molecule has 0 fully saturated rings. The number of nitrogens with zero attached hydrogens (tertiary/aromatic N) is 1. The zero-order valence-electron chi connectivity index (χ0n) is 9.88. The molecule has 2 aromatic carbocycles. The van der Waals surface area contributed by atoms with Gasteiger partial charge in [-0.25, -0.2) is 8.88 Å². The molecule has 0 unspecified atom stereocenters. The van der Waals surface area contributed by atoms with Gasteiger partial charge in [-0.05, 0) is 29.3 Å². The number of halogens is 1. The van der Waals surface area contributed by atoms with Crippen molar-refractivity contribution in [3.8, 4) is 11.1 Å². The molecule has 1 N–H and O–H groups in total. The molecule has 3 aromatic rings. The predicted molar refractivity (Wildman–Crippen MR) is 75.6 cm³/mol. The molecule has 0 aliphatic rings. The lowest BCUT2D eigenvalue weighted by atomic mass is 10.0. The fraction of sp³-hybridized carbons (Fsp3) is 0. The summed E-state index contributed by atoms with van der Waals surface area (Å²) in [5.74, 6) is -1.03. The maximum Gasteiger partial charge on any atom is 0.353 e. The van der Waals surface area contributed by atoms with Crippen LogP contribution in [-0.4, -0.2) is 15.2 Å². The fourth-order valence-electron chi connectivity index (χ4n) is 2.14. The van der Waals surface area contributed by atoms with Crippen LogP contribution in [0.15, 0.2) is 54.6 Å². The van der Waals surface area contributed by atoms with Crippen molar-refractivity contribution < 1.29 is 9.90 Å². The maximum absolute atomic E-state index is 11.0. The van der Waals surface area contributed by atoms with Crippen LogP contribution >= 0.6 is 11.8 Å². The topological polar surface area (TPSA) is 42.2 Å². The summed E-state index contributed by atoms with van der Waals surface area (Å²) in [5, 5.41) is 9.86. The van der Waals surface area contributed by atoms with Crippen molar-refractivity contribution in [3.63, 3.8) is 0 Å².